The molecule has 2 N–H and O–H groups in total. The fraction of sp³-hybridized carbons (Fsp3) is 0.333. The van der Waals surface area contributed by atoms with Gasteiger partial charge in [-0.15, -0.1) is 0 Å². The van der Waals surface area contributed by atoms with Crippen molar-refractivity contribution < 1.29 is 9.90 Å². The summed E-state index contributed by atoms with van der Waals surface area (Å²) in [6.07, 6.45) is 8.73. The lowest BCUT2D eigenvalue weighted by Gasteiger charge is -2.28. The van der Waals surface area contributed by atoms with Crippen molar-refractivity contribution in [1.29, 1.82) is 0 Å². The summed E-state index contributed by atoms with van der Waals surface area (Å²) in [5, 5.41) is 13.5. The van der Waals surface area contributed by atoms with E-state index in [1.807, 2.05) is 30.6 Å². The Labute approximate surface area is 163 Å². The van der Waals surface area contributed by atoms with Crippen LogP contribution in [0.1, 0.15) is 42.7 Å². The van der Waals surface area contributed by atoms with Gasteiger partial charge in [0.1, 0.15) is 0 Å². The van der Waals surface area contributed by atoms with E-state index < -0.39 is 6.09 Å². The predicted molar refractivity (Wildman–Crippen MR) is 107 cm³/mol. The van der Waals surface area contributed by atoms with E-state index in [0.29, 0.717) is 5.92 Å². The first kappa shape index (κ1) is 17.9. The second-order valence-electron chi connectivity index (χ2n) is 7.28. The van der Waals surface area contributed by atoms with Crippen molar-refractivity contribution in [2.75, 3.05) is 0 Å². The molecule has 0 bridgehead atoms. The van der Waals surface area contributed by atoms with Crippen molar-refractivity contribution in [2.45, 2.75) is 44.6 Å². The molecule has 1 aliphatic carbocycles. The number of hydrogen-bond donors (Lipinski definition) is 2. The van der Waals surface area contributed by atoms with Crippen LogP contribution in [0.4, 0.5) is 4.79 Å². The third-order valence-corrected chi connectivity index (χ3v) is 5.79. The van der Waals surface area contributed by atoms with Gasteiger partial charge in [0, 0.05) is 34.5 Å². The summed E-state index contributed by atoms with van der Waals surface area (Å²) < 4.78 is 2.20. The average molecular weight is 384 g/mol. The van der Waals surface area contributed by atoms with Crippen molar-refractivity contribution in [3.63, 3.8) is 0 Å². The van der Waals surface area contributed by atoms with Gasteiger partial charge in [-0.1, -0.05) is 11.6 Å². The van der Waals surface area contributed by atoms with E-state index in [2.05, 4.69) is 34.1 Å². The molecule has 5 nitrogen and oxygen atoms in total. The molecule has 0 radical (unpaired) electrons. The number of amides is 1. The molecule has 140 valence electrons. The van der Waals surface area contributed by atoms with E-state index in [1.54, 1.807) is 0 Å². The molecule has 1 aliphatic rings. The quantitative estimate of drug-likeness (QED) is 0.646. The first-order valence-electron chi connectivity index (χ1n) is 9.24. The molecule has 6 heteroatoms. The molecular weight excluding hydrogens is 362 g/mol. The van der Waals surface area contributed by atoms with Gasteiger partial charge in [-0.25, -0.2) is 4.79 Å². The smallest absolute Gasteiger partial charge is 0.404 e. The van der Waals surface area contributed by atoms with Crippen LogP contribution in [-0.2, 0) is 0 Å². The van der Waals surface area contributed by atoms with Crippen molar-refractivity contribution >= 4 is 28.6 Å². The van der Waals surface area contributed by atoms with Crippen LogP contribution in [0.5, 0.6) is 0 Å². The number of fused-ring (bicyclic) bond motifs is 1. The Bertz CT molecular complexity index is 990. The van der Waals surface area contributed by atoms with Crippen LogP contribution < -0.4 is 5.32 Å². The number of halogens is 1. The number of benzene rings is 1. The average Bonchev–Trinajstić information content (AvgIpc) is 3.01. The molecule has 3 aromatic rings. The lowest BCUT2D eigenvalue weighted by atomic mass is 9.82. The molecule has 0 saturated heterocycles. The van der Waals surface area contributed by atoms with Gasteiger partial charge in [0.05, 0.1) is 11.7 Å². The molecule has 1 saturated carbocycles. The van der Waals surface area contributed by atoms with Gasteiger partial charge < -0.3 is 15.0 Å². The molecule has 27 heavy (non-hydrogen) atoms. The van der Waals surface area contributed by atoms with Crippen LogP contribution in [0.25, 0.3) is 16.6 Å². The summed E-state index contributed by atoms with van der Waals surface area (Å²) in [6.45, 7) is 2.06. The minimum Gasteiger partial charge on any atom is -0.465 e. The van der Waals surface area contributed by atoms with E-state index in [9.17, 15) is 4.79 Å². The van der Waals surface area contributed by atoms with Gasteiger partial charge in [-0.05, 0) is 73.9 Å². The van der Waals surface area contributed by atoms with Gasteiger partial charge in [-0.3, -0.25) is 4.98 Å². The maximum absolute atomic E-state index is 10.9. The maximum atomic E-state index is 10.9. The van der Waals surface area contributed by atoms with Crippen LogP contribution in [-0.4, -0.2) is 26.8 Å². The number of nitrogens with zero attached hydrogens (tertiary/aromatic N) is 2. The van der Waals surface area contributed by atoms with Gasteiger partial charge in [0.2, 0.25) is 0 Å². The second kappa shape index (κ2) is 7.24. The van der Waals surface area contributed by atoms with Gasteiger partial charge in [0.15, 0.2) is 0 Å². The number of aryl methyl sites for hydroxylation is 1. The summed E-state index contributed by atoms with van der Waals surface area (Å²) in [5.41, 5.74) is 4.62. The lowest BCUT2D eigenvalue weighted by Crippen LogP contribution is -2.36. The number of aromatic nitrogens is 2. The first-order chi connectivity index (χ1) is 13.0. The highest BCUT2D eigenvalue weighted by Gasteiger charge is 2.26. The van der Waals surface area contributed by atoms with Crippen LogP contribution >= 0.6 is 11.6 Å². The highest BCUT2D eigenvalue weighted by Crippen LogP contribution is 2.38. The Morgan fingerprint density at radius 1 is 1.26 bits per heavy atom. The standard InChI is InChI=1S/C21H22ClN3O2/c1-13-10-15(22)4-7-19(13)25-12-18(17-8-9-23-11-20(17)25)14-2-5-16(6-3-14)24-21(26)27/h4,7-12,14,16,24H,2-3,5-6H2,1H3,(H,26,27). The molecule has 4 rings (SSSR count). The van der Waals surface area contributed by atoms with Crippen LogP contribution in [0.15, 0.2) is 42.9 Å². The number of hydrogen-bond acceptors (Lipinski definition) is 2. The normalized spacial score (nSPS) is 19.9. The van der Waals surface area contributed by atoms with Crippen molar-refractivity contribution in [3.8, 4) is 5.69 Å². The van der Waals surface area contributed by atoms with Crippen molar-refractivity contribution in [3.05, 3.63) is 59.0 Å². The monoisotopic (exact) mass is 383 g/mol. The van der Waals surface area contributed by atoms with E-state index >= 15 is 0 Å². The minimum atomic E-state index is -0.931. The van der Waals surface area contributed by atoms with E-state index in [1.165, 1.54) is 10.9 Å². The lowest BCUT2D eigenvalue weighted by molar-refractivity contribution is 0.185. The topological polar surface area (TPSA) is 67.2 Å². The third-order valence-electron chi connectivity index (χ3n) is 5.55. The number of carbonyl (C=O) groups is 1. The van der Waals surface area contributed by atoms with E-state index in [0.717, 1.165) is 47.5 Å². The molecule has 0 unspecified atom stereocenters. The Morgan fingerprint density at radius 2 is 2.04 bits per heavy atom. The highest BCUT2D eigenvalue weighted by molar-refractivity contribution is 6.30. The van der Waals surface area contributed by atoms with E-state index in [4.69, 9.17) is 16.7 Å². The molecule has 1 aromatic carbocycles. The predicted octanol–water partition coefficient (Wildman–Crippen LogP) is 5.28. The van der Waals surface area contributed by atoms with Gasteiger partial charge >= 0.3 is 6.09 Å². The van der Waals surface area contributed by atoms with Crippen molar-refractivity contribution in [2.24, 2.45) is 0 Å². The van der Waals surface area contributed by atoms with Gasteiger partial charge in [0.25, 0.3) is 0 Å². The van der Waals surface area contributed by atoms with Crippen LogP contribution in [0, 0.1) is 6.92 Å². The second-order valence-corrected chi connectivity index (χ2v) is 7.71. The molecule has 2 aromatic heterocycles. The maximum Gasteiger partial charge on any atom is 0.404 e. The third kappa shape index (κ3) is 3.52. The van der Waals surface area contributed by atoms with Gasteiger partial charge in [-0.2, -0.15) is 0 Å². The van der Waals surface area contributed by atoms with E-state index in [-0.39, 0.29) is 6.04 Å². The number of rotatable bonds is 3. The summed E-state index contributed by atoms with van der Waals surface area (Å²) in [4.78, 5) is 15.2. The molecule has 0 spiro atoms. The zero-order chi connectivity index (χ0) is 19.0. The molecule has 1 fully saturated rings. The summed E-state index contributed by atoms with van der Waals surface area (Å²) >= 11 is 6.13. The molecule has 1 amide bonds. The van der Waals surface area contributed by atoms with Crippen LogP contribution in [0.3, 0.4) is 0 Å². The minimum absolute atomic E-state index is 0.0623. The Morgan fingerprint density at radius 3 is 2.74 bits per heavy atom. The van der Waals surface area contributed by atoms with Crippen molar-refractivity contribution in [1.82, 2.24) is 14.9 Å². The first-order valence-corrected chi connectivity index (χ1v) is 9.61. The molecular formula is C21H22ClN3O2. The zero-order valence-corrected chi connectivity index (χ0v) is 15.9. The summed E-state index contributed by atoms with van der Waals surface area (Å²) in [5.74, 6) is 0.426. The Balaban J connectivity index is 1.70. The summed E-state index contributed by atoms with van der Waals surface area (Å²) in [6, 6.07) is 8.07. The summed E-state index contributed by atoms with van der Waals surface area (Å²) in [7, 11) is 0. The number of pyridine rings is 1. The number of carboxylic acid groups (broad SMARTS) is 1. The zero-order valence-electron chi connectivity index (χ0n) is 15.2. The SMILES string of the molecule is Cc1cc(Cl)ccc1-n1cc(C2CCC(NC(=O)O)CC2)c2ccncc21. The highest BCUT2D eigenvalue weighted by atomic mass is 35.5. The Hall–Kier alpha value is -2.53. The number of nitrogens with one attached hydrogen (secondary N) is 1. The van der Waals surface area contributed by atoms with Crippen LogP contribution in [0.2, 0.25) is 5.02 Å². The largest absolute Gasteiger partial charge is 0.465 e. The fourth-order valence-corrected chi connectivity index (χ4v) is 4.46. The fourth-order valence-electron chi connectivity index (χ4n) is 4.24. The molecule has 2 heterocycles. The molecule has 0 atom stereocenters. The Kier molecular flexibility index (Phi) is 4.79. The molecule has 0 aliphatic heterocycles.